The molecule has 134 valence electrons. The molecule has 0 bridgehead atoms. The molecule has 25 heavy (non-hydrogen) atoms. The molecule has 0 saturated heterocycles. The Morgan fingerprint density at radius 2 is 2.04 bits per heavy atom. The van der Waals surface area contributed by atoms with Crippen molar-refractivity contribution < 1.29 is 18.7 Å². The molecule has 3 N–H and O–H groups in total. The first kappa shape index (κ1) is 18.7. The number of oxazole rings is 1. The zero-order valence-corrected chi connectivity index (χ0v) is 14.4. The zero-order valence-electron chi connectivity index (χ0n) is 14.4. The van der Waals surface area contributed by atoms with Crippen molar-refractivity contribution in [1.29, 1.82) is 0 Å². The number of amides is 1. The predicted octanol–water partition coefficient (Wildman–Crippen LogP) is 2.34. The second-order valence-electron chi connectivity index (χ2n) is 5.75. The molecule has 7 heteroatoms. The van der Waals surface area contributed by atoms with Gasteiger partial charge in [0.05, 0.1) is 6.04 Å². The minimum atomic E-state index is -0.805. The summed E-state index contributed by atoms with van der Waals surface area (Å²) in [4.78, 5) is 28.2. The summed E-state index contributed by atoms with van der Waals surface area (Å²) in [5, 5.41) is 2.54. The summed E-state index contributed by atoms with van der Waals surface area (Å²) < 4.78 is 10.4. The summed E-state index contributed by atoms with van der Waals surface area (Å²) in [5.74, 6) is -0.724. The van der Waals surface area contributed by atoms with Gasteiger partial charge in [-0.1, -0.05) is 43.7 Å². The SMILES string of the molecule is CCCC(N)c1nc(C(=O)NC(C)C(=O)OCc2ccccc2)co1. The number of esters is 1. The van der Waals surface area contributed by atoms with Crippen LogP contribution in [0.3, 0.4) is 0 Å². The van der Waals surface area contributed by atoms with Crippen molar-refractivity contribution in [1.82, 2.24) is 10.3 Å². The Hall–Kier alpha value is -2.67. The lowest BCUT2D eigenvalue weighted by Gasteiger charge is -2.12. The van der Waals surface area contributed by atoms with E-state index in [1.807, 2.05) is 37.3 Å². The maximum absolute atomic E-state index is 12.1. The Morgan fingerprint density at radius 1 is 1.32 bits per heavy atom. The van der Waals surface area contributed by atoms with Crippen LogP contribution < -0.4 is 11.1 Å². The number of rotatable bonds is 8. The van der Waals surface area contributed by atoms with E-state index in [1.54, 1.807) is 6.92 Å². The number of hydrogen-bond donors (Lipinski definition) is 2. The molecule has 0 fully saturated rings. The number of ether oxygens (including phenoxy) is 1. The van der Waals surface area contributed by atoms with E-state index in [-0.39, 0.29) is 18.3 Å². The summed E-state index contributed by atoms with van der Waals surface area (Å²) in [7, 11) is 0. The first-order valence-corrected chi connectivity index (χ1v) is 8.23. The van der Waals surface area contributed by atoms with Crippen LogP contribution in [0.1, 0.15) is 54.7 Å². The van der Waals surface area contributed by atoms with Crippen LogP contribution in [0.4, 0.5) is 0 Å². The number of hydrogen-bond acceptors (Lipinski definition) is 6. The number of benzene rings is 1. The minimum Gasteiger partial charge on any atom is -0.459 e. The van der Waals surface area contributed by atoms with Crippen LogP contribution in [0.25, 0.3) is 0 Å². The van der Waals surface area contributed by atoms with Gasteiger partial charge in [0.15, 0.2) is 5.69 Å². The van der Waals surface area contributed by atoms with E-state index in [2.05, 4.69) is 10.3 Å². The van der Waals surface area contributed by atoms with Crippen molar-refractivity contribution in [2.75, 3.05) is 0 Å². The fourth-order valence-corrected chi connectivity index (χ4v) is 2.18. The fraction of sp³-hybridized carbons (Fsp3) is 0.389. The van der Waals surface area contributed by atoms with Gasteiger partial charge in [-0.3, -0.25) is 4.79 Å². The van der Waals surface area contributed by atoms with E-state index >= 15 is 0 Å². The molecule has 0 aliphatic carbocycles. The van der Waals surface area contributed by atoms with Gasteiger partial charge >= 0.3 is 5.97 Å². The molecule has 0 saturated carbocycles. The van der Waals surface area contributed by atoms with Gasteiger partial charge in [-0.15, -0.1) is 0 Å². The van der Waals surface area contributed by atoms with Crippen molar-refractivity contribution in [2.24, 2.45) is 5.73 Å². The molecule has 2 rings (SSSR count). The number of carbonyl (C=O) groups excluding carboxylic acids is 2. The van der Waals surface area contributed by atoms with Crippen LogP contribution in [0.2, 0.25) is 0 Å². The van der Waals surface area contributed by atoms with Crippen LogP contribution in [0.15, 0.2) is 41.0 Å². The Labute approximate surface area is 146 Å². The lowest BCUT2D eigenvalue weighted by molar-refractivity contribution is -0.146. The van der Waals surface area contributed by atoms with Crippen molar-refractivity contribution in [3.05, 3.63) is 53.7 Å². The molecular formula is C18H23N3O4. The number of nitrogens with zero attached hydrogens (tertiary/aromatic N) is 1. The highest BCUT2D eigenvalue weighted by Crippen LogP contribution is 2.15. The van der Waals surface area contributed by atoms with Crippen molar-refractivity contribution in [3.63, 3.8) is 0 Å². The van der Waals surface area contributed by atoms with Gasteiger partial charge in [0.1, 0.15) is 18.9 Å². The zero-order chi connectivity index (χ0) is 18.2. The molecule has 1 aromatic heterocycles. The van der Waals surface area contributed by atoms with Gasteiger partial charge in [0, 0.05) is 0 Å². The van der Waals surface area contributed by atoms with Crippen LogP contribution in [0, 0.1) is 0 Å². The van der Waals surface area contributed by atoms with E-state index in [0.29, 0.717) is 12.3 Å². The Balaban J connectivity index is 1.85. The van der Waals surface area contributed by atoms with Crippen molar-refractivity contribution in [2.45, 2.75) is 45.4 Å². The maximum atomic E-state index is 12.1. The summed E-state index contributed by atoms with van der Waals surface area (Å²) in [5.41, 5.74) is 6.86. The van der Waals surface area contributed by atoms with Crippen LogP contribution in [-0.2, 0) is 16.1 Å². The number of carbonyl (C=O) groups is 2. The Morgan fingerprint density at radius 3 is 2.72 bits per heavy atom. The largest absolute Gasteiger partial charge is 0.459 e. The van der Waals surface area contributed by atoms with E-state index in [0.717, 1.165) is 12.0 Å². The standard InChI is InChI=1S/C18H23N3O4/c1-3-7-14(19)17-21-15(11-24-17)16(22)20-12(2)18(23)25-10-13-8-5-4-6-9-13/h4-6,8-9,11-12,14H,3,7,10,19H2,1-2H3,(H,20,22). The molecule has 0 radical (unpaired) electrons. The van der Waals surface area contributed by atoms with E-state index in [9.17, 15) is 9.59 Å². The van der Waals surface area contributed by atoms with E-state index in [4.69, 9.17) is 14.9 Å². The Kier molecular flexibility index (Phi) is 6.71. The van der Waals surface area contributed by atoms with Crippen LogP contribution in [-0.4, -0.2) is 22.9 Å². The molecule has 2 unspecified atom stereocenters. The Bertz CT molecular complexity index is 699. The second-order valence-corrected chi connectivity index (χ2v) is 5.75. The monoisotopic (exact) mass is 345 g/mol. The molecule has 2 aromatic rings. The van der Waals surface area contributed by atoms with Crippen molar-refractivity contribution >= 4 is 11.9 Å². The van der Waals surface area contributed by atoms with Gasteiger partial charge in [0.25, 0.3) is 5.91 Å². The molecule has 1 aromatic carbocycles. The smallest absolute Gasteiger partial charge is 0.328 e. The first-order valence-electron chi connectivity index (χ1n) is 8.23. The summed E-state index contributed by atoms with van der Waals surface area (Å²) in [6.07, 6.45) is 2.83. The first-order chi connectivity index (χ1) is 12.0. The van der Waals surface area contributed by atoms with Crippen molar-refractivity contribution in [3.8, 4) is 0 Å². The summed E-state index contributed by atoms with van der Waals surface area (Å²) >= 11 is 0. The van der Waals surface area contributed by atoms with Gasteiger partial charge < -0.3 is 20.2 Å². The molecular weight excluding hydrogens is 322 g/mol. The lowest BCUT2D eigenvalue weighted by Crippen LogP contribution is -2.39. The predicted molar refractivity (Wildman–Crippen MR) is 91.5 cm³/mol. The van der Waals surface area contributed by atoms with Gasteiger partial charge in [-0.25, -0.2) is 9.78 Å². The molecule has 0 aliphatic rings. The average molecular weight is 345 g/mol. The highest BCUT2D eigenvalue weighted by molar-refractivity contribution is 5.94. The highest BCUT2D eigenvalue weighted by atomic mass is 16.5. The van der Waals surface area contributed by atoms with Crippen LogP contribution in [0.5, 0.6) is 0 Å². The average Bonchev–Trinajstić information content (AvgIpc) is 3.11. The summed E-state index contributed by atoms with van der Waals surface area (Å²) in [6.45, 7) is 3.70. The number of nitrogens with two attached hydrogens (primary N) is 1. The minimum absolute atomic E-state index is 0.0873. The lowest BCUT2D eigenvalue weighted by atomic mass is 10.2. The number of nitrogens with one attached hydrogen (secondary N) is 1. The van der Waals surface area contributed by atoms with E-state index in [1.165, 1.54) is 6.26 Å². The normalized spacial score (nSPS) is 13.1. The topological polar surface area (TPSA) is 107 Å². The van der Waals surface area contributed by atoms with Gasteiger partial charge in [-0.2, -0.15) is 0 Å². The molecule has 1 amide bonds. The fourth-order valence-electron chi connectivity index (χ4n) is 2.18. The van der Waals surface area contributed by atoms with Gasteiger partial charge in [0.2, 0.25) is 5.89 Å². The third-order valence-electron chi connectivity index (χ3n) is 3.60. The molecule has 2 atom stereocenters. The van der Waals surface area contributed by atoms with Crippen LogP contribution >= 0.6 is 0 Å². The summed E-state index contributed by atoms with van der Waals surface area (Å²) in [6, 6.07) is 8.16. The molecule has 0 spiro atoms. The molecule has 7 nitrogen and oxygen atoms in total. The highest BCUT2D eigenvalue weighted by Gasteiger charge is 2.21. The second kappa shape index (κ2) is 8.98. The third-order valence-corrected chi connectivity index (χ3v) is 3.60. The third kappa shape index (κ3) is 5.42. The number of aromatic nitrogens is 1. The maximum Gasteiger partial charge on any atom is 0.328 e. The van der Waals surface area contributed by atoms with E-state index < -0.39 is 17.9 Å². The molecule has 0 aliphatic heterocycles. The van der Waals surface area contributed by atoms with Gasteiger partial charge in [-0.05, 0) is 18.9 Å². The quantitative estimate of drug-likeness (QED) is 0.711. The molecule has 1 heterocycles.